The first-order chi connectivity index (χ1) is 30.3. The zero-order valence-corrected chi connectivity index (χ0v) is 35.6. The number of rotatable bonds is 17. The van der Waals surface area contributed by atoms with Crippen LogP contribution in [0.4, 0.5) is 0 Å². The van der Waals surface area contributed by atoms with Crippen molar-refractivity contribution < 1.29 is 96.6 Å². The van der Waals surface area contributed by atoms with Gasteiger partial charge in [0.1, 0.15) is 24.4 Å². The second kappa shape index (κ2) is 23.8. The van der Waals surface area contributed by atoms with Gasteiger partial charge in [-0.3, -0.25) is 0 Å². The van der Waals surface area contributed by atoms with Crippen LogP contribution in [0.25, 0.3) is 0 Å². The summed E-state index contributed by atoms with van der Waals surface area (Å²) in [6.07, 6.45) is -2.09. The number of aliphatic hydroxyl groups excluding tert-OH is 5. The van der Waals surface area contributed by atoms with Crippen molar-refractivity contribution in [3.63, 3.8) is 0 Å². The Morgan fingerprint density at radius 2 is 0.952 bits per heavy atom. The molecule has 0 aliphatic carbocycles. The monoisotopic (exact) mass is 894 g/mol. The lowest BCUT2D eigenvalue weighted by Gasteiger charge is -2.46. The van der Waals surface area contributed by atoms with Crippen molar-refractivity contribution in [2.45, 2.75) is 189 Å². The Bertz CT molecular complexity index is 1260. The van der Waals surface area contributed by atoms with Gasteiger partial charge in [-0.1, -0.05) is 0 Å². The van der Waals surface area contributed by atoms with Crippen LogP contribution in [-0.2, 0) is 71.1 Å². The van der Waals surface area contributed by atoms with E-state index >= 15 is 0 Å². The van der Waals surface area contributed by atoms with Gasteiger partial charge in [0.15, 0.2) is 50.3 Å². The summed E-state index contributed by atoms with van der Waals surface area (Å²) in [5.41, 5.74) is 0. The predicted octanol–water partition coefficient (Wildman–Crippen LogP) is 0.536. The molecule has 8 aliphatic heterocycles. The van der Waals surface area contributed by atoms with Crippen LogP contribution in [0, 0.1) is 11.8 Å². The zero-order valence-electron chi connectivity index (χ0n) is 35.6. The molecule has 0 aromatic carbocycles. The molecule has 8 heterocycles. The molecule has 0 amide bonds. The average molecular weight is 895 g/mol. The predicted molar refractivity (Wildman–Crippen MR) is 207 cm³/mol. The maximum atomic E-state index is 9.93. The van der Waals surface area contributed by atoms with Crippen LogP contribution in [0.3, 0.4) is 0 Å². The van der Waals surface area contributed by atoms with Crippen molar-refractivity contribution in [1.82, 2.24) is 0 Å². The molecule has 19 atom stereocenters. The van der Waals surface area contributed by atoms with Gasteiger partial charge in [-0.05, 0) is 51.4 Å². The highest BCUT2D eigenvalue weighted by Gasteiger charge is 2.49. The van der Waals surface area contributed by atoms with E-state index in [1.165, 1.54) is 0 Å². The fourth-order valence-electron chi connectivity index (χ4n) is 9.24. The van der Waals surface area contributed by atoms with Crippen LogP contribution in [-0.4, -0.2) is 197 Å². The first kappa shape index (κ1) is 47.7. The first-order valence-corrected chi connectivity index (χ1v) is 23.0. The van der Waals surface area contributed by atoms with Gasteiger partial charge in [-0.25, -0.2) is 0 Å². The summed E-state index contributed by atoms with van der Waals surface area (Å²) in [6, 6.07) is 0. The minimum atomic E-state index is -0.891. The maximum absolute atomic E-state index is 9.93. The van der Waals surface area contributed by atoms with Gasteiger partial charge < -0.3 is 96.6 Å². The summed E-state index contributed by atoms with van der Waals surface area (Å²) in [6.45, 7) is 1.72. The lowest BCUT2D eigenvalue weighted by atomic mass is 10.0. The topological polar surface area (TPSA) is 240 Å². The molecule has 8 fully saturated rings. The van der Waals surface area contributed by atoms with E-state index in [1.807, 2.05) is 0 Å². The summed E-state index contributed by atoms with van der Waals surface area (Å²) in [5, 5.41) is 48.9. The Balaban J connectivity index is 0.881. The van der Waals surface area contributed by atoms with Gasteiger partial charge in [0.2, 0.25) is 0 Å². The number of aliphatic hydroxyl groups is 5. The summed E-state index contributed by atoms with van der Waals surface area (Å²) in [7, 11) is 0. The fraction of sp³-hybridized carbons (Fsp3) is 1.00. The molecule has 8 rings (SSSR count). The number of hydrogen-bond donors (Lipinski definition) is 5. The molecule has 20 heteroatoms. The first-order valence-electron chi connectivity index (χ1n) is 23.0. The van der Waals surface area contributed by atoms with Gasteiger partial charge in [0.05, 0.1) is 83.4 Å². The lowest BCUT2D eigenvalue weighted by molar-refractivity contribution is -0.364. The third kappa shape index (κ3) is 13.4. The van der Waals surface area contributed by atoms with Crippen molar-refractivity contribution in [1.29, 1.82) is 0 Å². The molecule has 20 nitrogen and oxygen atoms in total. The van der Waals surface area contributed by atoms with E-state index in [2.05, 4.69) is 0 Å². The van der Waals surface area contributed by atoms with Gasteiger partial charge in [0, 0.05) is 57.2 Å². The molecule has 0 aromatic rings. The summed E-state index contributed by atoms with van der Waals surface area (Å²) < 4.78 is 93.7. The molecule has 0 spiro atoms. The zero-order chi connectivity index (χ0) is 42.8. The molecule has 8 aliphatic rings. The minimum Gasteiger partial charge on any atom is -0.396 e. The van der Waals surface area contributed by atoms with Crippen molar-refractivity contribution in [2.75, 3.05) is 66.1 Å². The Morgan fingerprint density at radius 3 is 1.56 bits per heavy atom. The summed E-state index contributed by atoms with van der Waals surface area (Å²) >= 11 is 0. The van der Waals surface area contributed by atoms with E-state index in [9.17, 15) is 25.5 Å². The number of ether oxygens (including phenoxy) is 15. The van der Waals surface area contributed by atoms with Crippen LogP contribution < -0.4 is 0 Å². The second-order valence-electron chi connectivity index (χ2n) is 17.9. The molecular formula is C42H70O20. The van der Waals surface area contributed by atoms with E-state index in [4.69, 9.17) is 71.1 Å². The molecule has 19 unspecified atom stereocenters. The highest BCUT2D eigenvalue weighted by Crippen LogP contribution is 2.36. The summed E-state index contributed by atoms with van der Waals surface area (Å²) in [5.74, 6) is 0.121. The van der Waals surface area contributed by atoms with Gasteiger partial charge in [-0.15, -0.1) is 0 Å². The quantitative estimate of drug-likeness (QED) is 0.134. The van der Waals surface area contributed by atoms with E-state index in [0.29, 0.717) is 83.8 Å². The molecule has 0 aromatic heterocycles. The molecule has 0 bridgehead atoms. The van der Waals surface area contributed by atoms with Crippen molar-refractivity contribution >= 4 is 0 Å². The Morgan fingerprint density at radius 1 is 0.387 bits per heavy atom. The normalized spacial score (nSPS) is 46.1. The standard InChI is InChI=1S/C42H70O20/c43-14-24-1-8-34(49-17-24)58-30-13-39(53-22-31(30)59-35-10-3-26(46)19-51-35)56-28-6-11-36(52-21-28)60-32-23-54-42(57-29-4-7-33(47)48-20-29)41(62-38-12-5-27(16-45)55-38)40(32)61-37-9-2-25(15-44)18-50-37/h24-47H,1-23H2. The second-order valence-corrected chi connectivity index (χ2v) is 17.9. The Kier molecular flexibility index (Phi) is 18.3. The summed E-state index contributed by atoms with van der Waals surface area (Å²) in [4.78, 5) is 0. The largest absolute Gasteiger partial charge is 0.396 e. The van der Waals surface area contributed by atoms with Crippen LogP contribution in [0.1, 0.15) is 83.5 Å². The molecule has 358 valence electrons. The van der Waals surface area contributed by atoms with Crippen molar-refractivity contribution in [3.05, 3.63) is 0 Å². The van der Waals surface area contributed by atoms with Crippen molar-refractivity contribution in [3.8, 4) is 0 Å². The smallest absolute Gasteiger partial charge is 0.187 e. The van der Waals surface area contributed by atoms with Gasteiger partial charge >= 0.3 is 0 Å². The van der Waals surface area contributed by atoms with Crippen LogP contribution in [0.5, 0.6) is 0 Å². The third-order valence-electron chi connectivity index (χ3n) is 13.0. The fourth-order valence-corrected chi connectivity index (χ4v) is 9.24. The van der Waals surface area contributed by atoms with Crippen LogP contribution in [0.15, 0.2) is 0 Å². The Hall–Kier alpha value is -0.800. The van der Waals surface area contributed by atoms with Gasteiger partial charge in [0.25, 0.3) is 0 Å². The van der Waals surface area contributed by atoms with E-state index in [1.54, 1.807) is 0 Å². The lowest BCUT2D eigenvalue weighted by Crippen LogP contribution is -2.60. The van der Waals surface area contributed by atoms with E-state index in [0.717, 1.165) is 12.8 Å². The van der Waals surface area contributed by atoms with Crippen molar-refractivity contribution in [2.24, 2.45) is 11.8 Å². The molecule has 5 N–H and O–H groups in total. The average Bonchev–Trinajstić information content (AvgIpc) is 3.76. The molecular weight excluding hydrogens is 824 g/mol. The molecule has 0 radical (unpaired) electrons. The van der Waals surface area contributed by atoms with Gasteiger partial charge in [-0.2, -0.15) is 0 Å². The SMILES string of the molecule is OCC1CCC(OC2CC(OC3CCC(OC4COC(OC5CCC(O)OC5)C(OC5CCC(CO)O5)C4OC4CCC(CO)CO4)OC3)OCC2OC2CCC(O)CO2)OC1. The highest BCUT2D eigenvalue weighted by atomic mass is 16.8. The molecule has 8 saturated heterocycles. The van der Waals surface area contributed by atoms with Crippen LogP contribution in [0.2, 0.25) is 0 Å². The van der Waals surface area contributed by atoms with E-state index in [-0.39, 0.29) is 83.0 Å². The van der Waals surface area contributed by atoms with Crippen LogP contribution >= 0.6 is 0 Å². The number of hydrogen-bond acceptors (Lipinski definition) is 20. The third-order valence-corrected chi connectivity index (χ3v) is 13.0. The highest BCUT2D eigenvalue weighted by molar-refractivity contribution is 4.90. The Labute approximate surface area is 362 Å². The molecule has 62 heavy (non-hydrogen) atoms. The minimum absolute atomic E-state index is 0.0278. The molecule has 0 saturated carbocycles. The van der Waals surface area contributed by atoms with E-state index < -0.39 is 86.9 Å². The maximum Gasteiger partial charge on any atom is 0.187 e.